The van der Waals surface area contributed by atoms with E-state index in [1.165, 1.54) is 0 Å². The first kappa shape index (κ1) is 19.0. The fourth-order valence-corrected chi connectivity index (χ4v) is 2.39. The first-order chi connectivity index (χ1) is 10.6. The molecule has 1 aromatic carbocycles. The van der Waals surface area contributed by atoms with Crippen molar-refractivity contribution in [2.75, 3.05) is 18.0 Å². The average Bonchev–Trinajstić information content (AvgIpc) is 2.41. The average molecular weight is 319 g/mol. The molecule has 1 aromatic rings. The molecule has 5 nitrogen and oxygen atoms in total. The summed E-state index contributed by atoms with van der Waals surface area (Å²) in [5.74, 6) is -0.0345. The number of rotatable bonds is 5. The van der Waals surface area contributed by atoms with Crippen LogP contribution in [0.1, 0.15) is 47.1 Å². The van der Waals surface area contributed by atoms with Gasteiger partial charge in [0.25, 0.3) is 0 Å². The number of urea groups is 1. The predicted octanol–water partition coefficient (Wildman–Crippen LogP) is 3.04. The fraction of sp³-hybridized carbons (Fsp3) is 0.556. The van der Waals surface area contributed by atoms with E-state index in [0.717, 1.165) is 11.3 Å². The Kier molecular flexibility index (Phi) is 6.61. The van der Waals surface area contributed by atoms with Crippen molar-refractivity contribution in [2.24, 2.45) is 0 Å². The second kappa shape index (κ2) is 7.99. The number of hydrogen-bond acceptors (Lipinski definition) is 2. The van der Waals surface area contributed by atoms with E-state index in [9.17, 15) is 9.59 Å². The van der Waals surface area contributed by atoms with Gasteiger partial charge in [-0.1, -0.05) is 39.0 Å². The Morgan fingerprint density at radius 1 is 1.17 bits per heavy atom. The predicted molar refractivity (Wildman–Crippen MR) is 94.8 cm³/mol. The van der Waals surface area contributed by atoms with Gasteiger partial charge >= 0.3 is 6.03 Å². The van der Waals surface area contributed by atoms with Crippen molar-refractivity contribution in [1.82, 2.24) is 10.6 Å². The number of carbonyl (C=O) groups is 2. The molecule has 23 heavy (non-hydrogen) atoms. The number of nitrogens with one attached hydrogen (secondary N) is 2. The van der Waals surface area contributed by atoms with Gasteiger partial charge in [0.05, 0.1) is 0 Å². The van der Waals surface area contributed by atoms with E-state index in [-0.39, 0.29) is 23.4 Å². The van der Waals surface area contributed by atoms with Crippen LogP contribution < -0.4 is 15.5 Å². The molecule has 0 aliphatic carbocycles. The van der Waals surface area contributed by atoms with E-state index in [1.807, 2.05) is 38.1 Å². The van der Waals surface area contributed by atoms with Crippen molar-refractivity contribution >= 4 is 17.6 Å². The summed E-state index contributed by atoms with van der Waals surface area (Å²) in [5, 5.41) is 5.55. The molecule has 0 atom stereocenters. The number of hydrogen-bond donors (Lipinski definition) is 2. The molecule has 0 spiro atoms. The molecule has 1 rings (SSSR count). The molecule has 3 amide bonds. The SMILES string of the molecule is CC(=O)N(CCNC(=O)NC(C)C)c1ccccc1C(C)(C)C. The summed E-state index contributed by atoms with van der Waals surface area (Å²) < 4.78 is 0. The molecule has 0 heterocycles. The van der Waals surface area contributed by atoms with Crippen LogP contribution >= 0.6 is 0 Å². The third-order valence-electron chi connectivity index (χ3n) is 3.42. The van der Waals surface area contributed by atoms with Crippen molar-refractivity contribution < 1.29 is 9.59 Å². The largest absolute Gasteiger partial charge is 0.336 e. The van der Waals surface area contributed by atoms with Gasteiger partial charge in [-0.15, -0.1) is 0 Å². The minimum absolute atomic E-state index is 0.0345. The van der Waals surface area contributed by atoms with Gasteiger partial charge in [-0.3, -0.25) is 4.79 Å². The van der Waals surface area contributed by atoms with Crippen LogP contribution in [0.2, 0.25) is 0 Å². The molecule has 5 heteroatoms. The van der Waals surface area contributed by atoms with E-state index in [0.29, 0.717) is 13.1 Å². The topological polar surface area (TPSA) is 61.4 Å². The zero-order valence-corrected chi connectivity index (χ0v) is 15.1. The van der Waals surface area contributed by atoms with Gasteiger partial charge < -0.3 is 15.5 Å². The van der Waals surface area contributed by atoms with Crippen LogP contribution in [-0.2, 0) is 10.2 Å². The summed E-state index contributed by atoms with van der Waals surface area (Å²) in [7, 11) is 0. The summed E-state index contributed by atoms with van der Waals surface area (Å²) in [6.45, 7) is 12.6. The summed E-state index contributed by atoms with van der Waals surface area (Å²) in [5.41, 5.74) is 1.95. The molecular weight excluding hydrogens is 290 g/mol. The van der Waals surface area contributed by atoms with Crippen molar-refractivity contribution in [3.63, 3.8) is 0 Å². The molecule has 0 aromatic heterocycles. The van der Waals surface area contributed by atoms with Crippen LogP contribution in [0.3, 0.4) is 0 Å². The van der Waals surface area contributed by atoms with Gasteiger partial charge in [0.1, 0.15) is 0 Å². The molecule has 0 aliphatic heterocycles. The molecule has 0 saturated carbocycles. The van der Waals surface area contributed by atoms with Crippen LogP contribution in [-0.4, -0.2) is 31.1 Å². The van der Waals surface area contributed by atoms with Crippen molar-refractivity contribution in [3.8, 4) is 0 Å². The minimum Gasteiger partial charge on any atom is -0.336 e. The minimum atomic E-state index is -0.215. The maximum atomic E-state index is 12.1. The van der Waals surface area contributed by atoms with Crippen molar-refractivity contribution in [1.29, 1.82) is 0 Å². The molecule has 0 radical (unpaired) electrons. The summed E-state index contributed by atoms with van der Waals surface area (Å²) in [4.78, 5) is 25.4. The Labute approximate surface area is 139 Å². The van der Waals surface area contributed by atoms with E-state index in [4.69, 9.17) is 0 Å². The standard InChI is InChI=1S/C18H29N3O2/c1-13(2)20-17(23)19-11-12-21(14(3)22)16-10-8-7-9-15(16)18(4,5)6/h7-10,13H,11-12H2,1-6H3,(H2,19,20,23). The van der Waals surface area contributed by atoms with Crippen molar-refractivity contribution in [2.45, 2.75) is 53.0 Å². The monoisotopic (exact) mass is 319 g/mol. The third-order valence-corrected chi connectivity index (χ3v) is 3.42. The van der Waals surface area contributed by atoms with Gasteiger partial charge in [-0.2, -0.15) is 0 Å². The number of para-hydroxylation sites is 1. The molecular formula is C18H29N3O2. The zero-order valence-electron chi connectivity index (χ0n) is 15.1. The van der Waals surface area contributed by atoms with Crippen LogP contribution in [0.4, 0.5) is 10.5 Å². The number of anilines is 1. The highest BCUT2D eigenvalue weighted by Crippen LogP contribution is 2.31. The highest BCUT2D eigenvalue weighted by Gasteiger charge is 2.22. The van der Waals surface area contributed by atoms with Crippen LogP contribution in [0.25, 0.3) is 0 Å². The normalized spacial score (nSPS) is 11.3. The highest BCUT2D eigenvalue weighted by atomic mass is 16.2. The molecule has 128 valence electrons. The number of amides is 3. The van der Waals surface area contributed by atoms with Gasteiger partial charge in [-0.25, -0.2) is 4.79 Å². The number of benzene rings is 1. The van der Waals surface area contributed by atoms with Crippen LogP contribution in [0.5, 0.6) is 0 Å². The summed E-state index contributed by atoms with van der Waals surface area (Å²) >= 11 is 0. The van der Waals surface area contributed by atoms with Gasteiger partial charge in [0.15, 0.2) is 0 Å². The lowest BCUT2D eigenvalue weighted by molar-refractivity contribution is -0.116. The Balaban J connectivity index is 2.85. The Morgan fingerprint density at radius 3 is 2.30 bits per heavy atom. The summed E-state index contributed by atoms with van der Waals surface area (Å²) in [6, 6.07) is 7.78. The smallest absolute Gasteiger partial charge is 0.315 e. The molecule has 2 N–H and O–H groups in total. The van der Waals surface area contributed by atoms with Gasteiger partial charge in [0, 0.05) is 31.7 Å². The van der Waals surface area contributed by atoms with Crippen LogP contribution in [0.15, 0.2) is 24.3 Å². The zero-order chi connectivity index (χ0) is 17.6. The van der Waals surface area contributed by atoms with E-state index in [2.05, 4.69) is 31.4 Å². The summed E-state index contributed by atoms with van der Waals surface area (Å²) in [6.07, 6.45) is 0. The second-order valence-corrected chi connectivity index (χ2v) is 6.99. The molecule has 0 saturated heterocycles. The lowest BCUT2D eigenvalue weighted by Gasteiger charge is -2.29. The Morgan fingerprint density at radius 2 is 1.78 bits per heavy atom. The first-order valence-electron chi connectivity index (χ1n) is 8.05. The third kappa shape index (κ3) is 5.93. The quantitative estimate of drug-likeness (QED) is 0.876. The molecule has 0 unspecified atom stereocenters. The second-order valence-electron chi connectivity index (χ2n) is 6.99. The maximum Gasteiger partial charge on any atom is 0.315 e. The van der Waals surface area contributed by atoms with E-state index in [1.54, 1.807) is 11.8 Å². The molecule has 0 aliphatic rings. The van der Waals surface area contributed by atoms with Gasteiger partial charge in [-0.05, 0) is 30.9 Å². The molecule has 0 fully saturated rings. The molecule has 0 bridgehead atoms. The Hall–Kier alpha value is -2.04. The highest BCUT2D eigenvalue weighted by molar-refractivity contribution is 5.92. The Bertz CT molecular complexity index is 547. The maximum absolute atomic E-state index is 12.1. The van der Waals surface area contributed by atoms with E-state index < -0.39 is 0 Å². The van der Waals surface area contributed by atoms with E-state index >= 15 is 0 Å². The van der Waals surface area contributed by atoms with Crippen LogP contribution in [0, 0.1) is 0 Å². The fourth-order valence-electron chi connectivity index (χ4n) is 2.39. The first-order valence-corrected chi connectivity index (χ1v) is 8.05. The lowest BCUT2D eigenvalue weighted by atomic mass is 9.85. The lowest BCUT2D eigenvalue weighted by Crippen LogP contribution is -2.44. The number of nitrogens with zero attached hydrogens (tertiary/aromatic N) is 1. The number of carbonyl (C=O) groups excluding carboxylic acids is 2. The van der Waals surface area contributed by atoms with Gasteiger partial charge in [0.2, 0.25) is 5.91 Å². The van der Waals surface area contributed by atoms with Crippen molar-refractivity contribution in [3.05, 3.63) is 29.8 Å².